The molecule has 6 heteroatoms. The average Bonchev–Trinajstić information content (AvgIpc) is 2.39. The first-order valence-electron chi connectivity index (χ1n) is 6.51. The number of likely N-dealkylation sites (N-methyl/N-ethyl adjacent to an activating group) is 1. The van der Waals surface area contributed by atoms with E-state index in [0.717, 1.165) is 17.9 Å². The molecule has 0 fully saturated rings. The van der Waals surface area contributed by atoms with E-state index in [1.807, 2.05) is 38.4 Å². The minimum absolute atomic E-state index is 0.186. The van der Waals surface area contributed by atoms with Crippen LogP contribution in [0.25, 0.3) is 0 Å². The van der Waals surface area contributed by atoms with E-state index in [1.165, 1.54) is 0 Å². The van der Waals surface area contributed by atoms with Crippen molar-refractivity contribution in [1.82, 2.24) is 5.32 Å². The summed E-state index contributed by atoms with van der Waals surface area (Å²) >= 11 is 0. The molecule has 1 aliphatic heterocycles. The van der Waals surface area contributed by atoms with Crippen LogP contribution in [-0.4, -0.2) is 47.9 Å². The molecule has 0 spiro atoms. The first kappa shape index (κ1) is 14.1. The molecule has 2 rings (SSSR count). The van der Waals surface area contributed by atoms with Gasteiger partial charge in [0, 0.05) is 13.6 Å². The summed E-state index contributed by atoms with van der Waals surface area (Å²) in [5.74, 6) is 0.186. The summed E-state index contributed by atoms with van der Waals surface area (Å²) < 4.78 is 26.4. The lowest BCUT2D eigenvalue weighted by Crippen LogP contribution is -2.43. The van der Waals surface area contributed by atoms with Crippen molar-refractivity contribution in [1.29, 1.82) is 0 Å². The zero-order chi connectivity index (χ0) is 13.9. The van der Waals surface area contributed by atoms with Crippen molar-refractivity contribution in [2.24, 2.45) is 0 Å². The molecule has 0 bridgehead atoms. The Balaban J connectivity index is 2.24. The maximum Gasteiger partial charge on any atom is 0.235 e. The van der Waals surface area contributed by atoms with E-state index in [9.17, 15) is 8.42 Å². The van der Waals surface area contributed by atoms with Crippen LogP contribution in [0.15, 0.2) is 24.3 Å². The molecule has 0 radical (unpaired) electrons. The van der Waals surface area contributed by atoms with Gasteiger partial charge in [-0.3, -0.25) is 4.31 Å². The number of rotatable bonds is 5. The van der Waals surface area contributed by atoms with Gasteiger partial charge in [-0.15, -0.1) is 0 Å². The molecule has 1 aliphatic rings. The van der Waals surface area contributed by atoms with Crippen LogP contribution >= 0.6 is 0 Å². The van der Waals surface area contributed by atoms with E-state index < -0.39 is 10.0 Å². The predicted octanol–water partition coefficient (Wildman–Crippen LogP) is 0.882. The predicted molar refractivity (Wildman–Crippen MR) is 79.4 cm³/mol. The van der Waals surface area contributed by atoms with E-state index in [2.05, 4.69) is 10.2 Å². The molecule has 0 saturated carbocycles. The Hall–Kier alpha value is -1.27. The maximum atomic E-state index is 12.4. The van der Waals surface area contributed by atoms with Crippen molar-refractivity contribution in [3.8, 4) is 0 Å². The third-order valence-electron chi connectivity index (χ3n) is 3.37. The molecule has 0 amide bonds. The molecular formula is C13H21N3O2S. The number of benzene rings is 1. The van der Waals surface area contributed by atoms with Crippen molar-refractivity contribution in [2.45, 2.75) is 6.42 Å². The summed E-state index contributed by atoms with van der Waals surface area (Å²) in [5.41, 5.74) is 1.77. The van der Waals surface area contributed by atoms with Crippen LogP contribution in [0.5, 0.6) is 0 Å². The number of nitrogens with one attached hydrogen (secondary N) is 1. The third kappa shape index (κ3) is 3.01. The van der Waals surface area contributed by atoms with Crippen LogP contribution in [-0.2, 0) is 10.0 Å². The van der Waals surface area contributed by atoms with Crippen molar-refractivity contribution in [2.75, 3.05) is 48.7 Å². The Bertz CT molecular complexity index is 530. The van der Waals surface area contributed by atoms with Crippen molar-refractivity contribution < 1.29 is 8.42 Å². The maximum absolute atomic E-state index is 12.4. The molecule has 1 aromatic rings. The van der Waals surface area contributed by atoms with Crippen LogP contribution in [0.1, 0.15) is 6.42 Å². The van der Waals surface area contributed by atoms with Gasteiger partial charge < -0.3 is 10.2 Å². The second-order valence-corrected chi connectivity index (χ2v) is 6.77. The van der Waals surface area contributed by atoms with Gasteiger partial charge in [0.1, 0.15) is 0 Å². The highest BCUT2D eigenvalue weighted by Gasteiger charge is 2.28. The fourth-order valence-corrected chi connectivity index (χ4v) is 3.85. The van der Waals surface area contributed by atoms with Gasteiger partial charge in [0.2, 0.25) is 10.0 Å². The highest BCUT2D eigenvalue weighted by Crippen LogP contribution is 2.33. The lowest BCUT2D eigenvalue weighted by Gasteiger charge is -2.36. The average molecular weight is 283 g/mol. The second kappa shape index (κ2) is 5.79. The Morgan fingerprint density at radius 1 is 1.21 bits per heavy atom. The van der Waals surface area contributed by atoms with Crippen LogP contribution in [0.2, 0.25) is 0 Å². The molecule has 0 saturated heterocycles. The number of nitrogens with zero attached hydrogens (tertiary/aromatic N) is 2. The second-order valence-electron chi connectivity index (χ2n) is 4.76. The van der Waals surface area contributed by atoms with Crippen LogP contribution in [0.3, 0.4) is 0 Å². The van der Waals surface area contributed by atoms with Crippen LogP contribution in [0, 0.1) is 0 Å². The largest absolute Gasteiger partial charge is 0.371 e. The van der Waals surface area contributed by atoms with Gasteiger partial charge >= 0.3 is 0 Å². The molecule has 19 heavy (non-hydrogen) atoms. The topological polar surface area (TPSA) is 52.7 Å². The van der Waals surface area contributed by atoms with E-state index in [1.54, 1.807) is 4.31 Å². The fourth-order valence-electron chi connectivity index (χ4n) is 2.31. The Morgan fingerprint density at radius 3 is 2.58 bits per heavy atom. The molecule has 0 aliphatic carbocycles. The van der Waals surface area contributed by atoms with Gasteiger partial charge in [-0.2, -0.15) is 0 Å². The van der Waals surface area contributed by atoms with E-state index in [-0.39, 0.29) is 5.75 Å². The van der Waals surface area contributed by atoms with Crippen molar-refractivity contribution >= 4 is 21.4 Å². The number of anilines is 2. The monoisotopic (exact) mass is 283 g/mol. The minimum Gasteiger partial charge on any atom is -0.371 e. The molecule has 0 unspecified atom stereocenters. The molecule has 0 atom stereocenters. The zero-order valence-electron chi connectivity index (χ0n) is 11.5. The SMILES string of the molecule is CNCCCS(=O)(=O)N1CCN(C)c2ccccc21. The van der Waals surface area contributed by atoms with Gasteiger partial charge in [-0.25, -0.2) is 8.42 Å². The number of sulfonamides is 1. The molecular weight excluding hydrogens is 262 g/mol. The standard InChI is InChI=1S/C13H21N3O2S/c1-14-8-5-11-19(17,18)16-10-9-15(2)12-6-3-4-7-13(12)16/h3-4,6-7,14H,5,8-11H2,1-2H3. The summed E-state index contributed by atoms with van der Waals surface area (Å²) in [4.78, 5) is 2.09. The van der Waals surface area contributed by atoms with Crippen molar-refractivity contribution in [3.05, 3.63) is 24.3 Å². The lowest BCUT2D eigenvalue weighted by molar-refractivity contribution is 0.585. The van der Waals surface area contributed by atoms with Gasteiger partial charge in [0.25, 0.3) is 0 Å². The third-order valence-corrected chi connectivity index (χ3v) is 5.22. The van der Waals surface area contributed by atoms with Crippen LogP contribution < -0.4 is 14.5 Å². The smallest absolute Gasteiger partial charge is 0.235 e. The summed E-state index contributed by atoms with van der Waals surface area (Å²) in [6, 6.07) is 7.66. The van der Waals surface area contributed by atoms with E-state index >= 15 is 0 Å². The Kier molecular flexibility index (Phi) is 4.31. The molecule has 106 valence electrons. The fraction of sp³-hybridized carbons (Fsp3) is 0.538. The highest BCUT2D eigenvalue weighted by atomic mass is 32.2. The summed E-state index contributed by atoms with van der Waals surface area (Å²) in [6.45, 7) is 1.96. The van der Waals surface area contributed by atoms with E-state index in [4.69, 9.17) is 0 Å². The van der Waals surface area contributed by atoms with Gasteiger partial charge in [0.05, 0.1) is 23.7 Å². The molecule has 1 heterocycles. The van der Waals surface area contributed by atoms with E-state index in [0.29, 0.717) is 19.5 Å². The first-order chi connectivity index (χ1) is 9.06. The van der Waals surface area contributed by atoms with Gasteiger partial charge in [-0.05, 0) is 32.1 Å². The minimum atomic E-state index is -3.23. The molecule has 1 aromatic carbocycles. The molecule has 0 aromatic heterocycles. The first-order valence-corrected chi connectivity index (χ1v) is 8.12. The summed E-state index contributed by atoms with van der Waals surface area (Å²) in [5, 5.41) is 2.98. The number of hydrogen-bond donors (Lipinski definition) is 1. The summed E-state index contributed by atoms with van der Waals surface area (Å²) in [7, 11) is 0.595. The quantitative estimate of drug-likeness (QED) is 0.815. The molecule has 1 N–H and O–H groups in total. The number of fused-ring (bicyclic) bond motifs is 1. The van der Waals surface area contributed by atoms with Crippen LogP contribution in [0.4, 0.5) is 11.4 Å². The highest BCUT2D eigenvalue weighted by molar-refractivity contribution is 7.92. The Morgan fingerprint density at radius 2 is 1.89 bits per heavy atom. The number of para-hydroxylation sites is 2. The molecule has 5 nitrogen and oxygen atoms in total. The Labute approximate surface area is 115 Å². The van der Waals surface area contributed by atoms with Gasteiger partial charge in [-0.1, -0.05) is 12.1 Å². The lowest BCUT2D eigenvalue weighted by atomic mass is 10.2. The zero-order valence-corrected chi connectivity index (χ0v) is 12.3. The van der Waals surface area contributed by atoms with Crippen molar-refractivity contribution in [3.63, 3.8) is 0 Å². The van der Waals surface area contributed by atoms with Gasteiger partial charge in [0.15, 0.2) is 0 Å². The summed E-state index contributed by atoms with van der Waals surface area (Å²) in [6.07, 6.45) is 0.632. The number of hydrogen-bond acceptors (Lipinski definition) is 4. The normalized spacial score (nSPS) is 15.5.